The molecule has 0 aromatic heterocycles. The molecule has 1 aliphatic heterocycles. The Kier molecular flexibility index (Phi) is 4.82. The lowest BCUT2D eigenvalue weighted by atomic mass is 9.83. The zero-order valence-corrected chi connectivity index (χ0v) is 13.6. The number of hydrogen-bond acceptors (Lipinski definition) is 5. The average Bonchev–Trinajstić information content (AvgIpc) is 2.89. The molecular formula is C17H21NO5. The van der Waals surface area contributed by atoms with E-state index in [-0.39, 0.29) is 12.1 Å². The van der Waals surface area contributed by atoms with E-state index in [9.17, 15) is 19.7 Å². The molecule has 0 saturated heterocycles. The molecule has 0 aliphatic carbocycles. The first kappa shape index (κ1) is 17.1. The van der Waals surface area contributed by atoms with E-state index >= 15 is 0 Å². The minimum atomic E-state index is -1.21. The number of rotatable bonds is 7. The fourth-order valence-corrected chi connectivity index (χ4v) is 2.80. The molecule has 0 saturated carbocycles. The molecule has 0 N–H and O–H groups in total. The number of unbranched alkanes of at least 4 members (excludes halogenated alkanes) is 1. The van der Waals surface area contributed by atoms with Gasteiger partial charge in [-0.3, -0.25) is 19.7 Å². The summed E-state index contributed by atoms with van der Waals surface area (Å²) in [6.45, 7) is 5.36. The highest BCUT2D eigenvalue weighted by molar-refractivity contribution is 6.41. The van der Waals surface area contributed by atoms with Gasteiger partial charge in [0.25, 0.3) is 5.69 Å². The second-order valence-electron chi connectivity index (χ2n) is 6.27. The van der Waals surface area contributed by atoms with Crippen LogP contribution in [0.2, 0.25) is 0 Å². The summed E-state index contributed by atoms with van der Waals surface area (Å²) in [5.41, 5.74) is -0.643. The summed E-state index contributed by atoms with van der Waals surface area (Å²) in [4.78, 5) is 35.3. The number of carbonyl (C=O) groups is 2. The van der Waals surface area contributed by atoms with Crippen LogP contribution in [0.25, 0.3) is 0 Å². The maximum Gasteiger partial charge on any atom is 0.269 e. The number of fused-ring (bicyclic) bond motifs is 1. The van der Waals surface area contributed by atoms with Gasteiger partial charge in [-0.15, -0.1) is 0 Å². The van der Waals surface area contributed by atoms with Crippen LogP contribution in [0.3, 0.4) is 0 Å². The number of nitro benzene ring substituents is 1. The van der Waals surface area contributed by atoms with Gasteiger partial charge in [0.1, 0.15) is 5.75 Å². The largest absolute Gasteiger partial charge is 0.478 e. The molecule has 0 spiro atoms. The van der Waals surface area contributed by atoms with Crippen molar-refractivity contribution in [2.45, 2.75) is 52.1 Å². The Hall–Kier alpha value is -2.24. The van der Waals surface area contributed by atoms with E-state index in [4.69, 9.17) is 4.74 Å². The van der Waals surface area contributed by atoms with Crippen LogP contribution in [0.5, 0.6) is 5.75 Å². The van der Waals surface area contributed by atoms with E-state index in [0.717, 1.165) is 12.8 Å². The summed E-state index contributed by atoms with van der Waals surface area (Å²) in [6, 6.07) is 4.29. The van der Waals surface area contributed by atoms with Gasteiger partial charge >= 0.3 is 0 Å². The van der Waals surface area contributed by atoms with E-state index in [1.165, 1.54) is 18.2 Å². The number of non-ortho nitro benzene ring substituents is 1. The molecule has 1 heterocycles. The van der Waals surface area contributed by atoms with Crippen LogP contribution < -0.4 is 4.74 Å². The van der Waals surface area contributed by atoms with Crippen molar-refractivity contribution in [1.29, 1.82) is 0 Å². The van der Waals surface area contributed by atoms with E-state index in [1.54, 1.807) is 13.8 Å². The Morgan fingerprint density at radius 3 is 2.65 bits per heavy atom. The minimum absolute atomic E-state index is 0.0405. The number of ketones is 2. The van der Waals surface area contributed by atoms with Gasteiger partial charge in [0.15, 0.2) is 5.60 Å². The number of nitrogens with zero attached hydrogens (tertiary/aromatic N) is 1. The molecule has 1 aromatic rings. The van der Waals surface area contributed by atoms with Gasteiger partial charge in [-0.05, 0) is 18.9 Å². The standard InChI is InChI=1S/C17H21NO5/c1-4-5-8-17(16(20)15(19)11(2)3)10-12-9-13(18(21)22)6-7-14(12)23-17/h6-7,9,11H,4-5,8,10H2,1-3H3. The van der Waals surface area contributed by atoms with Crippen molar-refractivity contribution in [2.24, 2.45) is 5.92 Å². The van der Waals surface area contributed by atoms with Gasteiger partial charge in [-0.25, -0.2) is 0 Å². The van der Waals surface area contributed by atoms with Crippen molar-refractivity contribution in [3.63, 3.8) is 0 Å². The molecule has 1 unspecified atom stereocenters. The van der Waals surface area contributed by atoms with E-state index < -0.39 is 28.0 Å². The van der Waals surface area contributed by atoms with Crippen LogP contribution in [-0.4, -0.2) is 22.1 Å². The van der Waals surface area contributed by atoms with Crippen molar-refractivity contribution in [1.82, 2.24) is 0 Å². The van der Waals surface area contributed by atoms with Gasteiger partial charge in [0.2, 0.25) is 11.6 Å². The number of carbonyl (C=O) groups excluding carboxylic acids is 2. The Morgan fingerprint density at radius 2 is 2.09 bits per heavy atom. The number of hydrogen-bond donors (Lipinski definition) is 0. The molecule has 6 nitrogen and oxygen atoms in total. The lowest BCUT2D eigenvalue weighted by Crippen LogP contribution is -2.48. The molecule has 0 bridgehead atoms. The number of benzene rings is 1. The van der Waals surface area contributed by atoms with Gasteiger partial charge in [0, 0.05) is 30.0 Å². The molecule has 124 valence electrons. The first-order valence-corrected chi connectivity index (χ1v) is 7.85. The van der Waals surface area contributed by atoms with Crippen LogP contribution in [0.4, 0.5) is 5.69 Å². The highest BCUT2D eigenvalue weighted by Crippen LogP contribution is 2.40. The second kappa shape index (κ2) is 6.48. The van der Waals surface area contributed by atoms with Crippen molar-refractivity contribution in [3.8, 4) is 5.75 Å². The predicted molar refractivity (Wildman–Crippen MR) is 84.5 cm³/mol. The molecule has 0 amide bonds. The third kappa shape index (κ3) is 3.25. The quantitative estimate of drug-likeness (QED) is 0.437. The van der Waals surface area contributed by atoms with Gasteiger partial charge < -0.3 is 4.74 Å². The zero-order chi connectivity index (χ0) is 17.2. The highest BCUT2D eigenvalue weighted by atomic mass is 16.6. The number of ether oxygens (including phenoxy) is 1. The fourth-order valence-electron chi connectivity index (χ4n) is 2.80. The molecule has 1 aromatic carbocycles. The summed E-state index contributed by atoms with van der Waals surface area (Å²) < 4.78 is 5.87. The van der Waals surface area contributed by atoms with Crippen LogP contribution in [-0.2, 0) is 16.0 Å². The molecule has 0 radical (unpaired) electrons. The van der Waals surface area contributed by atoms with E-state index in [0.29, 0.717) is 17.7 Å². The SMILES string of the molecule is CCCCC1(C(=O)C(=O)C(C)C)Cc2cc([N+](=O)[O-])ccc2O1. The normalized spacial score (nSPS) is 19.3. The molecule has 2 rings (SSSR count). The van der Waals surface area contributed by atoms with Crippen molar-refractivity contribution in [3.05, 3.63) is 33.9 Å². The van der Waals surface area contributed by atoms with Crippen LogP contribution >= 0.6 is 0 Å². The summed E-state index contributed by atoms with van der Waals surface area (Å²) >= 11 is 0. The average molecular weight is 319 g/mol. The third-order valence-electron chi connectivity index (χ3n) is 4.13. The fraction of sp³-hybridized carbons (Fsp3) is 0.529. The molecule has 23 heavy (non-hydrogen) atoms. The number of Topliss-reactive ketones (excluding diaryl/α,β-unsaturated/α-hetero) is 2. The Labute approximate surface area is 135 Å². The Morgan fingerprint density at radius 1 is 1.39 bits per heavy atom. The molecule has 1 aliphatic rings. The third-order valence-corrected chi connectivity index (χ3v) is 4.13. The van der Waals surface area contributed by atoms with Crippen LogP contribution in [0.1, 0.15) is 45.6 Å². The van der Waals surface area contributed by atoms with Crippen molar-refractivity contribution < 1.29 is 19.2 Å². The molecule has 6 heteroatoms. The maximum atomic E-state index is 12.7. The lowest BCUT2D eigenvalue weighted by Gasteiger charge is -2.27. The summed E-state index contributed by atoms with van der Waals surface area (Å²) in [5, 5.41) is 10.9. The molecular weight excluding hydrogens is 298 g/mol. The van der Waals surface area contributed by atoms with Crippen LogP contribution in [0, 0.1) is 16.0 Å². The summed E-state index contributed by atoms with van der Waals surface area (Å²) in [5.74, 6) is -0.928. The maximum absolute atomic E-state index is 12.7. The Balaban J connectivity index is 2.36. The predicted octanol–water partition coefficient (Wildman–Crippen LogP) is 3.25. The first-order valence-electron chi connectivity index (χ1n) is 7.85. The van der Waals surface area contributed by atoms with Crippen molar-refractivity contribution >= 4 is 17.3 Å². The smallest absolute Gasteiger partial charge is 0.269 e. The minimum Gasteiger partial charge on any atom is -0.478 e. The monoisotopic (exact) mass is 319 g/mol. The van der Waals surface area contributed by atoms with Gasteiger partial charge in [-0.1, -0.05) is 27.2 Å². The topological polar surface area (TPSA) is 86.5 Å². The summed E-state index contributed by atoms with van der Waals surface area (Å²) in [6.07, 6.45) is 2.25. The Bertz CT molecular complexity index is 652. The van der Waals surface area contributed by atoms with Crippen LogP contribution in [0.15, 0.2) is 18.2 Å². The summed E-state index contributed by atoms with van der Waals surface area (Å²) in [7, 11) is 0. The van der Waals surface area contributed by atoms with E-state index in [1.807, 2.05) is 6.92 Å². The molecule has 0 fully saturated rings. The lowest BCUT2D eigenvalue weighted by molar-refractivity contribution is -0.384. The van der Waals surface area contributed by atoms with Gasteiger partial charge in [-0.2, -0.15) is 0 Å². The van der Waals surface area contributed by atoms with Crippen molar-refractivity contribution in [2.75, 3.05) is 0 Å². The zero-order valence-electron chi connectivity index (χ0n) is 13.6. The number of nitro groups is 1. The molecule has 1 atom stereocenters. The highest BCUT2D eigenvalue weighted by Gasteiger charge is 2.48. The van der Waals surface area contributed by atoms with E-state index in [2.05, 4.69) is 0 Å². The second-order valence-corrected chi connectivity index (χ2v) is 6.27. The first-order chi connectivity index (χ1) is 10.8. The van der Waals surface area contributed by atoms with Gasteiger partial charge in [0.05, 0.1) is 4.92 Å².